The molecule has 2 aliphatic rings. The Hall–Kier alpha value is -0.120. The highest BCUT2D eigenvalue weighted by Crippen LogP contribution is 2.24. The molecule has 1 aliphatic heterocycles. The van der Waals surface area contributed by atoms with E-state index in [1.807, 2.05) is 0 Å². The Morgan fingerprint density at radius 1 is 1.06 bits per heavy atom. The number of piperidine rings is 1. The van der Waals surface area contributed by atoms with E-state index in [1.54, 1.807) is 0 Å². The fraction of sp³-hybridized carbons (Fsp3) is 1.00. The zero-order valence-electron chi connectivity index (χ0n) is 12.1. The zero-order valence-corrected chi connectivity index (χ0v) is 12.1. The summed E-state index contributed by atoms with van der Waals surface area (Å²) in [5.41, 5.74) is 0. The molecule has 1 heterocycles. The largest absolute Gasteiger partial charge is 0.393 e. The maximum Gasteiger partial charge on any atom is 0.0540 e. The van der Waals surface area contributed by atoms with E-state index >= 15 is 0 Å². The highest BCUT2D eigenvalue weighted by Gasteiger charge is 2.23. The molecule has 1 saturated heterocycles. The minimum Gasteiger partial charge on any atom is -0.393 e. The van der Waals surface area contributed by atoms with Gasteiger partial charge in [-0.05, 0) is 77.9 Å². The van der Waals surface area contributed by atoms with E-state index in [1.165, 1.54) is 45.3 Å². The molecule has 0 spiro atoms. The van der Waals surface area contributed by atoms with Gasteiger partial charge in [0.1, 0.15) is 0 Å². The molecule has 0 aromatic rings. The monoisotopic (exact) mass is 254 g/mol. The third-order valence-corrected chi connectivity index (χ3v) is 4.77. The highest BCUT2D eigenvalue weighted by molar-refractivity contribution is 4.81. The van der Waals surface area contributed by atoms with Crippen molar-refractivity contribution in [3.8, 4) is 0 Å². The summed E-state index contributed by atoms with van der Waals surface area (Å²) in [5.74, 6) is 0.802. The second kappa shape index (κ2) is 6.88. The van der Waals surface area contributed by atoms with E-state index in [9.17, 15) is 5.11 Å². The van der Waals surface area contributed by atoms with Crippen LogP contribution in [0.5, 0.6) is 0 Å². The number of aliphatic hydroxyl groups is 1. The van der Waals surface area contributed by atoms with E-state index < -0.39 is 0 Å². The van der Waals surface area contributed by atoms with Crippen LogP contribution in [0, 0.1) is 5.92 Å². The molecule has 2 N–H and O–H groups in total. The predicted molar refractivity (Wildman–Crippen MR) is 75.7 cm³/mol. The first-order valence-electron chi connectivity index (χ1n) is 7.80. The molecule has 1 aliphatic carbocycles. The first-order chi connectivity index (χ1) is 8.65. The van der Waals surface area contributed by atoms with Gasteiger partial charge < -0.3 is 15.3 Å². The molecule has 3 heteroatoms. The molecule has 0 atom stereocenters. The molecular weight excluding hydrogens is 224 g/mol. The third-order valence-electron chi connectivity index (χ3n) is 4.77. The number of hydrogen-bond acceptors (Lipinski definition) is 3. The average molecular weight is 254 g/mol. The Labute approximate surface area is 112 Å². The standard InChI is InChI=1S/C15H30N2O/c1-12(2)17-9-7-14(8-10-17)16-11-13-3-5-15(18)6-4-13/h12-16,18H,3-11H2,1-2H3. The number of nitrogens with zero attached hydrogens (tertiary/aromatic N) is 1. The SMILES string of the molecule is CC(C)N1CCC(NCC2CCC(O)CC2)CC1. The van der Waals surface area contributed by atoms with Crippen molar-refractivity contribution in [2.24, 2.45) is 5.92 Å². The summed E-state index contributed by atoms with van der Waals surface area (Å²) in [5, 5.41) is 13.3. The lowest BCUT2D eigenvalue weighted by Gasteiger charge is -2.36. The van der Waals surface area contributed by atoms with Crippen LogP contribution in [0.25, 0.3) is 0 Å². The van der Waals surface area contributed by atoms with E-state index in [-0.39, 0.29) is 6.10 Å². The summed E-state index contributed by atoms with van der Waals surface area (Å²) in [7, 11) is 0. The Balaban J connectivity index is 1.60. The van der Waals surface area contributed by atoms with Gasteiger partial charge in [-0.3, -0.25) is 0 Å². The molecule has 106 valence electrons. The molecule has 2 rings (SSSR count). The average Bonchev–Trinajstić information content (AvgIpc) is 2.38. The number of hydrogen-bond donors (Lipinski definition) is 2. The first-order valence-corrected chi connectivity index (χ1v) is 7.80. The van der Waals surface area contributed by atoms with Gasteiger partial charge in [0.05, 0.1) is 6.10 Å². The van der Waals surface area contributed by atoms with Crippen molar-refractivity contribution in [3.63, 3.8) is 0 Å². The van der Waals surface area contributed by atoms with Gasteiger partial charge in [-0.25, -0.2) is 0 Å². The minimum absolute atomic E-state index is 0.0180. The number of likely N-dealkylation sites (tertiary alicyclic amines) is 1. The van der Waals surface area contributed by atoms with Gasteiger partial charge in [-0.2, -0.15) is 0 Å². The maximum absolute atomic E-state index is 9.50. The van der Waals surface area contributed by atoms with E-state index in [4.69, 9.17) is 0 Å². The van der Waals surface area contributed by atoms with Crippen LogP contribution in [-0.2, 0) is 0 Å². The van der Waals surface area contributed by atoms with Crippen LogP contribution in [0.4, 0.5) is 0 Å². The lowest BCUT2D eigenvalue weighted by Crippen LogP contribution is -2.46. The van der Waals surface area contributed by atoms with Crippen LogP contribution in [0.15, 0.2) is 0 Å². The summed E-state index contributed by atoms with van der Waals surface area (Å²) >= 11 is 0. The van der Waals surface area contributed by atoms with Crippen LogP contribution in [0.2, 0.25) is 0 Å². The summed E-state index contributed by atoms with van der Waals surface area (Å²) in [6.45, 7) is 8.25. The van der Waals surface area contributed by atoms with E-state index in [2.05, 4.69) is 24.1 Å². The van der Waals surface area contributed by atoms with Gasteiger partial charge in [-0.1, -0.05) is 0 Å². The van der Waals surface area contributed by atoms with Crippen molar-refractivity contribution in [2.75, 3.05) is 19.6 Å². The second-order valence-corrected chi connectivity index (χ2v) is 6.49. The smallest absolute Gasteiger partial charge is 0.0540 e. The van der Waals surface area contributed by atoms with Gasteiger partial charge in [0.25, 0.3) is 0 Å². The van der Waals surface area contributed by atoms with Crippen molar-refractivity contribution in [3.05, 3.63) is 0 Å². The van der Waals surface area contributed by atoms with Crippen molar-refractivity contribution < 1.29 is 5.11 Å². The quantitative estimate of drug-likeness (QED) is 0.805. The molecule has 0 unspecified atom stereocenters. The summed E-state index contributed by atoms with van der Waals surface area (Å²) in [6.07, 6.45) is 7.02. The fourth-order valence-corrected chi connectivity index (χ4v) is 3.30. The molecule has 0 aromatic heterocycles. The summed E-state index contributed by atoms with van der Waals surface area (Å²) < 4.78 is 0. The van der Waals surface area contributed by atoms with Crippen LogP contribution < -0.4 is 5.32 Å². The van der Waals surface area contributed by atoms with Crippen molar-refractivity contribution in [1.82, 2.24) is 10.2 Å². The second-order valence-electron chi connectivity index (χ2n) is 6.49. The van der Waals surface area contributed by atoms with Crippen molar-refractivity contribution in [1.29, 1.82) is 0 Å². The predicted octanol–water partition coefficient (Wildman–Crippen LogP) is 2.00. The molecular formula is C15H30N2O. The van der Waals surface area contributed by atoms with Crippen molar-refractivity contribution in [2.45, 2.75) is 70.6 Å². The topological polar surface area (TPSA) is 35.5 Å². The Bertz CT molecular complexity index is 229. The molecule has 1 saturated carbocycles. The number of nitrogens with one attached hydrogen (secondary N) is 1. The molecule has 0 radical (unpaired) electrons. The van der Waals surface area contributed by atoms with Crippen LogP contribution >= 0.6 is 0 Å². The Morgan fingerprint density at radius 3 is 2.22 bits per heavy atom. The lowest BCUT2D eigenvalue weighted by atomic mass is 9.87. The van der Waals surface area contributed by atoms with Crippen LogP contribution in [0.3, 0.4) is 0 Å². The first kappa shape index (κ1) is 14.3. The zero-order chi connectivity index (χ0) is 13.0. The number of rotatable bonds is 4. The van der Waals surface area contributed by atoms with Gasteiger partial charge in [-0.15, -0.1) is 0 Å². The third kappa shape index (κ3) is 4.22. The van der Waals surface area contributed by atoms with Gasteiger partial charge >= 0.3 is 0 Å². The molecule has 0 aromatic carbocycles. The summed E-state index contributed by atoms with van der Waals surface area (Å²) in [6, 6.07) is 1.43. The fourth-order valence-electron chi connectivity index (χ4n) is 3.30. The molecule has 3 nitrogen and oxygen atoms in total. The van der Waals surface area contributed by atoms with Crippen LogP contribution in [-0.4, -0.2) is 47.8 Å². The Morgan fingerprint density at radius 2 is 1.67 bits per heavy atom. The summed E-state index contributed by atoms with van der Waals surface area (Å²) in [4.78, 5) is 2.58. The molecule has 0 bridgehead atoms. The Kier molecular flexibility index (Phi) is 5.46. The molecule has 0 amide bonds. The molecule has 18 heavy (non-hydrogen) atoms. The minimum atomic E-state index is -0.0180. The van der Waals surface area contributed by atoms with Crippen LogP contribution in [0.1, 0.15) is 52.4 Å². The maximum atomic E-state index is 9.50. The van der Waals surface area contributed by atoms with E-state index in [0.717, 1.165) is 24.8 Å². The number of aliphatic hydroxyl groups excluding tert-OH is 1. The normalized spacial score (nSPS) is 32.0. The molecule has 2 fully saturated rings. The van der Waals surface area contributed by atoms with E-state index in [0.29, 0.717) is 6.04 Å². The highest BCUT2D eigenvalue weighted by atomic mass is 16.3. The van der Waals surface area contributed by atoms with Crippen molar-refractivity contribution >= 4 is 0 Å². The van der Waals surface area contributed by atoms with Gasteiger partial charge in [0, 0.05) is 12.1 Å². The van der Waals surface area contributed by atoms with Gasteiger partial charge in [0.2, 0.25) is 0 Å². The lowest BCUT2D eigenvalue weighted by molar-refractivity contribution is 0.105. The van der Waals surface area contributed by atoms with Gasteiger partial charge in [0.15, 0.2) is 0 Å².